The number of nitrogens with zero attached hydrogens (tertiary/aromatic N) is 1. The average molecular weight is 211 g/mol. The molecule has 0 unspecified atom stereocenters. The number of hydrogen-bond acceptors (Lipinski definition) is 3. The maximum Gasteiger partial charge on any atom is 0.177 e. The molecule has 0 amide bonds. The lowest BCUT2D eigenvalue weighted by Gasteiger charge is -2.00. The van der Waals surface area contributed by atoms with Crippen LogP contribution in [0.5, 0.6) is 0 Å². The molecule has 1 heterocycles. The quantitative estimate of drug-likeness (QED) is 0.717. The summed E-state index contributed by atoms with van der Waals surface area (Å²) in [5.74, 6) is 0.688. The van der Waals surface area contributed by atoms with Crippen molar-refractivity contribution in [1.29, 1.82) is 0 Å². The van der Waals surface area contributed by atoms with Gasteiger partial charge in [0.2, 0.25) is 0 Å². The van der Waals surface area contributed by atoms with E-state index in [4.69, 9.17) is 0 Å². The number of rotatable bonds is 3. The first-order chi connectivity index (χ1) is 6.43. The monoisotopic (exact) mass is 211 g/mol. The topological polar surface area (TPSA) is 30.0 Å². The molecule has 0 aromatic carbocycles. The Labute approximate surface area is 89.4 Å². The van der Waals surface area contributed by atoms with Crippen LogP contribution in [0, 0.1) is 12.8 Å². The highest BCUT2D eigenvalue weighted by atomic mass is 32.1. The van der Waals surface area contributed by atoms with Gasteiger partial charge in [0.05, 0.1) is 15.6 Å². The summed E-state index contributed by atoms with van der Waals surface area (Å²) in [4.78, 5) is 17.0. The van der Waals surface area contributed by atoms with Crippen molar-refractivity contribution in [2.24, 2.45) is 5.92 Å². The highest BCUT2D eigenvalue weighted by molar-refractivity contribution is 7.14. The molecule has 3 heteroatoms. The van der Waals surface area contributed by atoms with Crippen molar-refractivity contribution in [2.75, 3.05) is 0 Å². The van der Waals surface area contributed by atoms with E-state index >= 15 is 0 Å². The fraction of sp³-hybridized carbons (Fsp3) is 0.636. The Morgan fingerprint density at radius 3 is 2.21 bits per heavy atom. The maximum atomic E-state index is 11.8. The minimum Gasteiger partial charge on any atom is -0.293 e. The Morgan fingerprint density at radius 2 is 1.86 bits per heavy atom. The van der Waals surface area contributed by atoms with Crippen LogP contribution in [0.15, 0.2) is 0 Å². The van der Waals surface area contributed by atoms with Gasteiger partial charge < -0.3 is 0 Å². The van der Waals surface area contributed by atoms with Crippen LogP contribution in [-0.4, -0.2) is 10.8 Å². The smallest absolute Gasteiger partial charge is 0.177 e. The Kier molecular flexibility index (Phi) is 3.43. The van der Waals surface area contributed by atoms with E-state index in [0.717, 1.165) is 15.6 Å². The van der Waals surface area contributed by atoms with E-state index in [-0.39, 0.29) is 11.7 Å². The molecule has 0 saturated heterocycles. The number of ketones is 1. The Balaban J connectivity index is 3.04. The van der Waals surface area contributed by atoms with Gasteiger partial charge in [0, 0.05) is 11.8 Å². The van der Waals surface area contributed by atoms with Gasteiger partial charge in [-0.1, -0.05) is 27.7 Å². The molecule has 2 nitrogen and oxygen atoms in total. The van der Waals surface area contributed by atoms with Crippen molar-refractivity contribution in [3.63, 3.8) is 0 Å². The van der Waals surface area contributed by atoms with Crippen molar-refractivity contribution in [2.45, 2.75) is 40.5 Å². The Hall–Kier alpha value is -0.700. The van der Waals surface area contributed by atoms with Gasteiger partial charge in [-0.25, -0.2) is 4.98 Å². The predicted octanol–water partition coefficient (Wildman–Crippen LogP) is 3.41. The first kappa shape index (κ1) is 11.4. The lowest BCUT2D eigenvalue weighted by Crippen LogP contribution is -2.06. The molecule has 0 spiro atoms. The minimum atomic E-state index is 0.0640. The van der Waals surface area contributed by atoms with Crippen LogP contribution in [0.2, 0.25) is 0 Å². The largest absolute Gasteiger partial charge is 0.293 e. The first-order valence-electron chi connectivity index (χ1n) is 4.95. The molecular weight excluding hydrogens is 194 g/mol. The van der Waals surface area contributed by atoms with E-state index in [9.17, 15) is 4.79 Å². The Morgan fingerprint density at radius 1 is 1.29 bits per heavy atom. The molecule has 1 aromatic heterocycles. The average Bonchev–Trinajstić information content (AvgIpc) is 2.46. The standard InChI is InChI=1S/C11H17NOS/c1-6(2)9(13)10-8(5)12-11(14-10)7(3)4/h6-7H,1-5H3. The summed E-state index contributed by atoms with van der Waals surface area (Å²) in [6.07, 6.45) is 0. The van der Waals surface area contributed by atoms with Crippen molar-refractivity contribution in [3.05, 3.63) is 15.6 Å². The molecule has 0 aliphatic carbocycles. The van der Waals surface area contributed by atoms with Gasteiger partial charge in [-0.05, 0) is 6.92 Å². The second-order valence-electron chi connectivity index (χ2n) is 4.14. The van der Waals surface area contributed by atoms with Crippen LogP contribution in [0.3, 0.4) is 0 Å². The molecule has 0 saturated carbocycles. The summed E-state index contributed by atoms with van der Waals surface area (Å²) in [7, 11) is 0. The lowest BCUT2D eigenvalue weighted by atomic mass is 10.1. The van der Waals surface area contributed by atoms with Gasteiger partial charge in [0.1, 0.15) is 0 Å². The van der Waals surface area contributed by atoms with Crippen molar-refractivity contribution >= 4 is 17.1 Å². The van der Waals surface area contributed by atoms with Gasteiger partial charge in [-0.15, -0.1) is 11.3 Å². The molecular formula is C11H17NOS. The van der Waals surface area contributed by atoms with E-state index in [1.54, 1.807) is 11.3 Å². The highest BCUT2D eigenvalue weighted by Crippen LogP contribution is 2.26. The summed E-state index contributed by atoms with van der Waals surface area (Å²) in [5, 5.41) is 1.06. The first-order valence-corrected chi connectivity index (χ1v) is 5.76. The fourth-order valence-electron chi connectivity index (χ4n) is 1.16. The van der Waals surface area contributed by atoms with Crippen LogP contribution in [0.25, 0.3) is 0 Å². The van der Waals surface area contributed by atoms with Gasteiger partial charge in [0.25, 0.3) is 0 Å². The summed E-state index contributed by atoms with van der Waals surface area (Å²) >= 11 is 1.54. The molecule has 78 valence electrons. The van der Waals surface area contributed by atoms with E-state index in [1.807, 2.05) is 20.8 Å². The fourth-order valence-corrected chi connectivity index (χ4v) is 2.31. The summed E-state index contributed by atoms with van der Waals surface area (Å²) < 4.78 is 0. The number of carbonyl (C=O) groups is 1. The van der Waals surface area contributed by atoms with Crippen molar-refractivity contribution < 1.29 is 4.79 Å². The molecule has 0 atom stereocenters. The zero-order valence-electron chi connectivity index (χ0n) is 9.42. The number of carbonyl (C=O) groups excluding carboxylic acids is 1. The second-order valence-corrected chi connectivity index (χ2v) is 5.17. The lowest BCUT2D eigenvalue weighted by molar-refractivity contribution is 0.0942. The normalized spacial score (nSPS) is 11.4. The third-order valence-electron chi connectivity index (χ3n) is 2.06. The Bertz CT molecular complexity index is 339. The van der Waals surface area contributed by atoms with Crippen molar-refractivity contribution in [3.8, 4) is 0 Å². The molecule has 0 N–H and O–H groups in total. The minimum absolute atomic E-state index is 0.0640. The van der Waals surface area contributed by atoms with Crippen LogP contribution in [-0.2, 0) is 0 Å². The molecule has 0 aliphatic rings. The van der Waals surface area contributed by atoms with Gasteiger partial charge >= 0.3 is 0 Å². The summed E-state index contributed by atoms with van der Waals surface area (Å²) in [6, 6.07) is 0. The molecule has 0 aliphatic heterocycles. The van der Waals surface area contributed by atoms with Gasteiger partial charge in [0.15, 0.2) is 5.78 Å². The third-order valence-corrected chi connectivity index (χ3v) is 3.53. The van der Waals surface area contributed by atoms with Crippen LogP contribution >= 0.6 is 11.3 Å². The van der Waals surface area contributed by atoms with E-state index in [2.05, 4.69) is 18.8 Å². The maximum absolute atomic E-state index is 11.8. The van der Waals surface area contributed by atoms with Gasteiger partial charge in [-0.3, -0.25) is 4.79 Å². The zero-order valence-corrected chi connectivity index (χ0v) is 10.2. The highest BCUT2D eigenvalue weighted by Gasteiger charge is 2.18. The molecule has 1 aromatic rings. The zero-order chi connectivity index (χ0) is 10.9. The van der Waals surface area contributed by atoms with E-state index in [1.165, 1.54) is 0 Å². The molecule has 0 bridgehead atoms. The van der Waals surface area contributed by atoms with Gasteiger partial charge in [-0.2, -0.15) is 0 Å². The van der Waals surface area contributed by atoms with Crippen LogP contribution in [0.1, 0.15) is 54.0 Å². The van der Waals surface area contributed by atoms with E-state index in [0.29, 0.717) is 5.92 Å². The van der Waals surface area contributed by atoms with Crippen LogP contribution in [0.4, 0.5) is 0 Å². The molecule has 0 fully saturated rings. The third kappa shape index (κ3) is 2.21. The summed E-state index contributed by atoms with van der Waals surface area (Å²) in [5.41, 5.74) is 0.886. The SMILES string of the molecule is Cc1nc(C(C)C)sc1C(=O)C(C)C. The summed E-state index contributed by atoms with van der Waals surface area (Å²) in [6.45, 7) is 9.97. The number of thiazole rings is 1. The number of aromatic nitrogens is 1. The molecule has 14 heavy (non-hydrogen) atoms. The molecule has 1 rings (SSSR count). The van der Waals surface area contributed by atoms with Crippen molar-refractivity contribution in [1.82, 2.24) is 4.98 Å². The van der Waals surface area contributed by atoms with Crippen LogP contribution < -0.4 is 0 Å². The number of hydrogen-bond donors (Lipinski definition) is 0. The number of Topliss-reactive ketones (excluding diaryl/α,β-unsaturated/α-hetero) is 1. The second kappa shape index (κ2) is 4.22. The predicted molar refractivity (Wildman–Crippen MR) is 60.1 cm³/mol. The van der Waals surface area contributed by atoms with E-state index < -0.39 is 0 Å². The number of aryl methyl sites for hydroxylation is 1. The molecule has 0 radical (unpaired) electrons.